The van der Waals surface area contributed by atoms with Gasteiger partial charge in [-0.1, -0.05) is 18.2 Å². The molecule has 1 heterocycles. The van der Waals surface area contributed by atoms with E-state index in [-0.39, 0.29) is 11.5 Å². The van der Waals surface area contributed by atoms with E-state index in [2.05, 4.69) is 15.1 Å². The number of nitrogens with zero attached hydrogens (tertiary/aromatic N) is 3. The molecular formula is C30H33F3N4O3. The van der Waals surface area contributed by atoms with Crippen LogP contribution in [0.3, 0.4) is 0 Å². The minimum absolute atomic E-state index is 0.122. The Morgan fingerprint density at radius 1 is 0.875 bits per heavy atom. The molecule has 1 fully saturated rings. The fraction of sp³-hybridized carbons (Fsp3) is 0.333. The van der Waals surface area contributed by atoms with Gasteiger partial charge in [-0.25, -0.2) is 0 Å². The van der Waals surface area contributed by atoms with E-state index in [9.17, 15) is 22.8 Å². The molecule has 1 saturated heterocycles. The first-order valence-electron chi connectivity index (χ1n) is 13.2. The van der Waals surface area contributed by atoms with E-state index in [0.29, 0.717) is 50.5 Å². The van der Waals surface area contributed by atoms with Gasteiger partial charge in [0.25, 0.3) is 11.8 Å². The number of carbonyl (C=O) groups excluding carboxylic acids is 2. The Labute approximate surface area is 232 Å². The summed E-state index contributed by atoms with van der Waals surface area (Å²) in [4.78, 5) is 32.4. The molecule has 0 atom stereocenters. The summed E-state index contributed by atoms with van der Waals surface area (Å²) in [7, 11) is 1.65. The van der Waals surface area contributed by atoms with Crippen molar-refractivity contribution in [1.29, 1.82) is 0 Å². The second-order valence-electron chi connectivity index (χ2n) is 9.39. The van der Waals surface area contributed by atoms with Gasteiger partial charge in [0.15, 0.2) is 0 Å². The highest BCUT2D eigenvalue weighted by molar-refractivity contribution is 6.06. The third-order valence-corrected chi connectivity index (χ3v) is 7.03. The number of benzene rings is 3. The summed E-state index contributed by atoms with van der Waals surface area (Å²) in [6.45, 7) is 7.56. The minimum atomic E-state index is -4.56. The van der Waals surface area contributed by atoms with E-state index < -0.39 is 17.6 Å². The maximum absolute atomic E-state index is 13.5. The summed E-state index contributed by atoms with van der Waals surface area (Å²) >= 11 is 0. The number of rotatable bonds is 8. The Balaban J connectivity index is 1.58. The van der Waals surface area contributed by atoms with Crippen LogP contribution >= 0.6 is 0 Å². The molecular weight excluding hydrogens is 521 g/mol. The molecule has 1 N–H and O–H groups in total. The second kappa shape index (κ2) is 12.3. The maximum atomic E-state index is 13.5. The number of amides is 2. The van der Waals surface area contributed by atoms with E-state index in [1.165, 1.54) is 12.1 Å². The smallest absolute Gasteiger partial charge is 0.416 e. The summed E-state index contributed by atoms with van der Waals surface area (Å²) in [5, 5.41) is 2.66. The standard InChI is InChI=1S/C30H33F3N4O3/c1-4-35(5-2)29(39)24-20-23(34-28(38)21-9-8-10-22(19-21)30(31,32)33)13-14-25(24)36-15-17-37(18-16-36)26-11-6-7-12-27(26)40-3/h6-14,19-20H,4-5,15-18H2,1-3H3,(H,34,38). The Bertz CT molecular complexity index is 1350. The molecule has 40 heavy (non-hydrogen) atoms. The first-order chi connectivity index (χ1) is 19.2. The average molecular weight is 555 g/mol. The Morgan fingerprint density at radius 2 is 1.52 bits per heavy atom. The zero-order valence-electron chi connectivity index (χ0n) is 22.8. The van der Waals surface area contributed by atoms with Crippen molar-refractivity contribution in [2.24, 2.45) is 0 Å². The van der Waals surface area contributed by atoms with Gasteiger partial charge in [-0.3, -0.25) is 9.59 Å². The molecule has 7 nitrogen and oxygen atoms in total. The SMILES string of the molecule is CCN(CC)C(=O)c1cc(NC(=O)c2cccc(C(F)(F)F)c2)ccc1N1CCN(c2ccccc2OC)CC1. The van der Waals surface area contributed by atoms with Gasteiger partial charge in [0, 0.05) is 56.2 Å². The molecule has 1 aliphatic heterocycles. The number of anilines is 3. The van der Waals surface area contributed by atoms with Crippen LogP contribution in [0.4, 0.5) is 30.2 Å². The molecule has 0 unspecified atom stereocenters. The van der Waals surface area contributed by atoms with E-state index in [1.807, 2.05) is 38.1 Å². The van der Waals surface area contributed by atoms with Crippen LogP contribution < -0.4 is 19.9 Å². The first-order valence-corrected chi connectivity index (χ1v) is 13.2. The van der Waals surface area contributed by atoms with Crippen molar-refractivity contribution >= 4 is 28.9 Å². The molecule has 4 rings (SSSR count). The Kier molecular flexibility index (Phi) is 8.86. The monoisotopic (exact) mass is 554 g/mol. The fourth-order valence-corrected chi connectivity index (χ4v) is 4.86. The lowest BCUT2D eigenvalue weighted by Crippen LogP contribution is -2.47. The zero-order chi connectivity index (χ0) is 28.9. The van der Waals surface area contributed by atoms with E-state index >= 15 is 0 Å². The number of methoxy groups -OCH3 is 1. The van der Waals surface area contributed by atoms with Gasteiger partial charge in [0.2, 0.25) is 0 Å². The summed E-state index contributed by atoms with van der Waals surface area (Å²) < 4.78 is 44.9. The molecule has 2 amide bonds. The number of nitrogens with one attached hydrogen (secondary N) is 1. The van der Waals surface area contributed by atoms with Crippen LogP contribution in [-0.2, 0) is 6.18 Å². The van der Waals surface area contributed by atoms with E-state index in [0.717, 1.165) is 29.3 Å². The molecule has 0 bridgehead atoms. The summed E-state index contributed by atoms with van der Waals surface area (Å²) in [6.07, 6.45) is -4.56. The molecule has 0 aromatic heterocycles. The van der Waals surface area contributed by atoms with Gasteiger partial charge in [-0.05, 0) is 62.4 Å². The summed E-state index contributed by atoms with van der Waals surface area (Å²) in [5.74, 6) is -0.0675. The van der Waals surface area contributed by atoms with Crippen molar-refractivity contribution in [3.05, 3.63) is 83.4 Å². The number of hydrogen-bond acceptors (Lipinski definition) is 5. The van der Waals surface area contributed by atoms with Gasteiger partial charge >= 0.3 is 6.18 Å². The number of ether oxygens (including phenoxy) is 1. The van der Waals surface area contributed by atoms with Crippen LogP contribution in [0, 0.1) is 0 Å². The normalized spacial score (nSPS) is 13.7. The highest BCUT2D eigenvalue weighted by Gasteiger charge is 2.31. The molecule has 3 aromatic carbocycles. The molecule has 10 heteroatoms. The lowest BCUT2D eigenvalue weighted by atomic mass is 10.1. The third-order valence-electron chi connectivity index (χ3n) is 7.03. The second-order valence-corrected chi connectivity index (χ2v) is 9.39. The Hall–Kier alpha value is -4.21. The maximum Gasteiger partial charge on any atom is 0.416 e. The minimum Gasteiger partial charge on any atom is -0.495 e. The van der Waals surface area contributed by atoms with Crippen molar-refractivity contribution in [1.82, 2.24) is 4.90 Å². The predicted molar refractivity (Wildman–Crippen MR) is 151 cm³/mol. The average Bonchev–Trinajstić information content (AvgIpc) is 2.97. The van der Waals surface area contributed by atoms with Crippen LogP contribution in [-0.4, -0.2) is 63.1 Å². The van der Waals surface area contributed by atoms with Crippen LogP contribution in [0.15, 0.2) is 66.7 Å². The van der Waals surface area contributed by atoms with Crippen molar-refractivity contribution in [2.45, 2.75) is 20.0 Å². The van der Waals surface area contributed by atoms with Crippen LogP contribution in [0.25, 0.3) is 0 Å². The lowest BCUT2D eigenvalue weighted by Gasteiger charge is -2.38. The Morgan fingerprint density at radius 3 is 2.15 bits per heavy atom. The molecule has 0 aliphatic carbocycles. The number of carbonyl (C=O) groups is 2. The van der Waals surface area contributed by atoms with E-state index in [1.54, 1.807) is 30.2 Å². The topological polar surface area (TPSA) is 65.1 Å². The molecule has 0 saturated carbocycles. The van der Waals surface area contributed by atoms with Crippen LogP contribution in [0.5, 0.6) is 5.75 Å². The molecule has 0 radical (unpaired) electrons. The fourth-order valence-electron chi connectivity index (χ4n) is 4.86. The molecule has 212 valence electrons. The largest absolute Gasteiger partial charge is 0.495 e. The van der Waals surface area contributed by atoms with E-state index in [4.69, 9.17) is 4.74 Å². The number of para-hydroxylation sites is 2. The highest BCUT2D eigenvalue weighted by atomic mass is 19.4. The number of alkyl halides is 3. The quantitative estimate of drug-likeness (QED) is 0.383. The summed E-state index contributed by atoms with van der Waals surface area (Å²) in [6, 6.07) is 17.2. The number of hydrogen-bond donors (Lipinski definition) is 1. The van der Waals surface area contributed by atoms with Crippen molar-refractivity contribution < 1.29 is 27.5 Å². The van der Waals surface area contributed by atoms with Crippen molar-refractivity contribution in [3.63, 3.8) is 0 Å². The molecule has 1 aliphatic rings. The van der Waals surface area contributed by atoms with Gasteiger partial charge in [0.1, 0.15) is 5.75 Å². The van der Waals surface area contributed by atoms with Gasteiger partial charge in [0.05, 0.1) is 23.9 Å². The van der Waals surface area contributed by atoms with Gasteiger partial charge in [-0.2, -0.15) is 13.2 Å². The lowest BCUT2D eigenvalue weighted by molar-refractivity contribution is -0.137. The van der Waals surface area contributed by atoms with Gasteiger partial charge < -0.3 is 24.8 Å². The predicted octanol–water partition coefficient (Wildman–Crippen LogP) is 5.77. The van der Waals surface area contributed by atoms with Crippen molar-refractivity contribution in [3.8, 4) is 5.75 Å². The van der Waals surface area contributed by atoms with Crippen LogP contribution in [0.1, 0.15) is 40.1 Å². The number of halogens is 3. The third kappa shape index (κ3) is 6.32. The highest BCUT2D eigenvalue weighted by Crippen LogP contribution is 2.32. The van der Waals surface area contributed by atoms with Gasteiger partial charge in [-0.15, -0.1) is 0 Å². The molecule has 3 aromatic rings. The summed E-state index contributed by atoms with van der Waals surface area (Å²) in [5.41, 5.74) is 1.49. The molecule has 0 spiro atoms. The van der Waals surface area contributed by atoms with Crippen molar-refractivity contribution in [2.75, 3.05) is 61.5 Å². The number of piperazine rings is 1. The van der Waals surface area contributed by atoms with Crippen LogP contribution in [0.2, 0.25) is 0 Å². The zero-order valence-corrected chi connectivity index (χ0v) is 22.8. The first kappa shape index (κ1) is 28.8.